The van der Waals surface area contributed by atoms with Gasteiger partial charge in [0, 0.05) is 19.2 Å². The molecule has 3 aromatic rings. The Hall–Kier alpha value is -2.61. The molecule has 0 spiro atoms. The third kappa shape index (κ3) is 3.90. The Morgan fingerprint density at radius 2 is 1.93 bits per heavy atom. The molecule has 0 unspecified atom stereocenters. The second kappa shape index (κ2) is 7.96. The van der Waals surface area contributed by atoms with Crippen LogP contribution in [0, 0.1) is 13.8 Å². The number of aryl methyl sites for hydroxylation is 2. The zero-order chi connectivity index (χ0) is 19.6. The maximum absolute atomic E-state index is 12.7. The van der Waals surface area contributed by atoms with Gasteiger partial charge in [-0.2, -0.15) is 5.10 Å². The smallest absolute Gasteiger partial charge is 0.237 e. The normalized spacial score (nSPS) is 12.2. The molecule has 1 N–H and O–H groups in total. The van der Waals surface area contributed by atoms with Crippen LogP contribution in [0.2, 0.25) is 0 Å². The van der Waals surface area contributed by atoms with Crippen LogP contribution in [0.4, 0.5) is 5.69 Å². The third-order valence-electron chi connectivity index (χ3n) is 4.47. The van der Waals surface area contributed by atoms with Crippen LogP contribution in [0.15, 0.2) is 35.5 Å². The van der Waals surface area contributed by atoms with Crippen LogP contribution in [-0.2, 0) is 18.4 Å². The number of benzene rings is 1. The van der Waals surface area contributed by atoms with Gasteiger partial charge in [0.25, 0.3) is 0 Å². The molecule has 7 nitrogen and oxygen atoms in total. The van der Waals surface area contributed by atoms with Gasteiger partial charge in [0.2, 0.25) is 5.91 Å². The van der Waals surface area contributed by atoms with Gasteiger partial charge in [-0.25, -0.2) is 0 Å². The van der Waals surface area contributed by atoms with Crippen LogP contribution in [0.5, 0.6) is 0 Å². The van der Waals surface area contributed by atoms with Crippen molar-refractivity contribution in [3.8, 4) is 11.4 Å². The number of carbonyl (C=O) groups excluding carboxylic acids is 1. The highest BCUT2D eigenvalue weighted by molar-refractivity contribution is 8.00. The number of hydrogen-bond acceptors (Lipinski definition) is 5. The van der Waals surface area contributed by atoms with E-state index < -0.39 is 0 Å². The molecule has 142 valence electrons. The summed E-state index contributed by atoms with van der Waals surface area (Å²) in [6, 6.07) is 9.95. The largest absolute Gasteiger partial charge is 0.322 e. The molecule has 3 rings (SSSR count). The van der Waals surface area contributed by atoms with E-state index in [1.165, 1.54) is 11.8 Å². The Labute approximate surface area is 163 Å². The average molecular weight is 385 g/mol. The highest BCUT2D eigenvalue weighted by atomic mass is 32.2. The molecule has 0 aliphatic carbocycles. The van der Waals surface area contributed by atoms with Crippen molar-refractivity contribution in [2.24, 2.45) is 7.05 Å². The van der Waals surface area contributed by atoms with Crippen LogP contribution in [0.1, 0.15) is 25.2 Å². The van der Waals surface area contributed by atoms with Crippen molar-refractivity contribution < 1.29 is 4.79 Å². The number of anilines is 1. The summed E-state index contributed by atoms with van der Waals surface area (Å²) < 4.78 is 3.80. The minimum atomic E-state index is -0.317. The number of nitrogens with one attached hydrogen (secondary N) is 1. The summed E-state index contributed by atoms with van der Waals surface area (Å²) in [7, 11) is 1.87. The summed E-state index contributed by atoms with van der Waals surface area (Å²) in [5.41, 5.74) is 3.53. The van der Waals surface area contributed by atoms with E-state index in [4.69, 9.17) is 0 Å². The SMILES string of the molecule is CCn1c(S[C@H](C)C(=O)Nc2c(C)nn(C)c2C)nnc1-c1ccccc1. The molecule has 1 amide bonds. The molecule has 2 heterocycles. The molecule has 2 aromatic heterocycles. The fraction of sp³-hybridized carbons (Fsp3) is 0.368. The number of carbonyl (C=O) groups is 1. The van der Waals surface area contributed by atoms with Crippen molar-refractivity contribution in [3.05, 3.63) is 41.7 Å². The van der Waals surface area contributed by atoms with Gasteiger partial charge in [-0.3, -0.25) is 9.48 Å². The molecule has 0 aliphatic rings. The van der Waals surface area contributed by atoms with Gasteiger partial charge in [0.15, 0.2) is 11.0 Å². The third-order valence-corrected chi connectivity index (χ3v) is 5.55. The number of amides is 1. The maximum Gasteiger partial charge on any atom is 0.237 e. The molecule has 0 saturated heterocycles. The first kappa shape index (κ1) is 19.2. The molecule has 0 fully saturated rings. The van der Waals surface area contributed by atoms with Gasteiger partial charge in [-0.1, -0.05) is 42.1 Å². The molecule has 1 aromatic carbocycles. The minimum Gasteiger partial charge on any atom is -0.322 e. The topological polar surface area (TPSA) is 77.6 Å². The van der Waals surface area contributed by atoms with Crippen molar-refractivity contribution in [3.63, 3.8) is 0 Å². The zero-order valence-corrected chi connectivity index (χ0v) is 17.0. The lowest BCUT2D eigenvalue weighted by molar-refractivity contribution is -0.115. The van der Waals surface area contributed by atoms with Crippen molar-refractivity contribution in [2.45, 2.75) is 44.6 Å². The first-order valence-corrected chi connectivity index (χ1v) is 9.76. The highest BCUT2D eigenvalue weighted by Gasteiger charge is 2.22. The lowest BCUT2D eigenvalue weighted by Crippen LogP contribution is -2.23. The second-order valence-electron chi connectivity index (χ2n) is 6.34. The molecule has 27 heavy (non-hydrogen) atoms. The monoisotopic (exact) mass is 384 g/mol. The maximum atomic E-state index is 12.7. The van der Waals surface area contributed by atoms with Crippen molar-refractivity contribution in [1.29, 1.82) is 0 Å². The van der Waals surface area contributed by atoms with Gasteiger partial charge in [-0.05, 0) is 27.7 Å². The number of thioether (sulfide) groups is 1. The standard InChI is InChI=1S/C19H24N6OS/c1-6-25-17(15-10-8-7-9-11-15)21-22-19(25)27-14(4)18(26)20-16-12(2)23-24(5)13(16)3/h7-11,14H,6H2,1-5H3,(H,20,26)/t14-/m1/s1. The fourth-order valence-electron chi connectivity index (χ4n) is 2.85. The summed E-state index contributed by atoms with van der Waals surface area (Å²) in [4.78, 5) is 12.7. The van der Waals surface area contributed by atoms with E-state index in [0.29, 0.717) is 0 Å². The number of nitrogens with zero attached hydrogens (tertiary/aromatic N) is 5. The van der Waals surface area contributed by atoms with Gasteiger partial charge in [0.1, 0.15) is 0 Å². The van der Waals surface area contributed by atoms with E-state index in [1.807, 2.05) is 69.6 Å². The molecular formula is C19H24N6OS. The van der Waals surface area contributed by atoms with Crippen LogP contribution in [-0.4, -0.2) is 35.7 Å². The lowest BCUT2D eigenvalue weighted by atomic mass is 10.2. The van der Waals surface area contributed by atoms with Gasteiger partial charge in [-0.15, -0.1) is 10.2 Å². The van der Waals surface area contributed by atoms with E-state index in [-0.39, 0.29) is 11.2 Å². The van der Waals surface area contributed by atoms with Crippen LogP contribution in [0.3, 0.4) is 0 Å². The Kier molecular flexibility index (Phi) is 5.65. The van der Waals surface area contributed by atoms with E-state index in [0.717, 1.165) is 40.2 Å². The van der Waals surface area contributed by atoms with Crippen LogP contribution in [0.25, 0.3) is 11.4 Å². The van der Waals surface area contributed by atoms with Gasteiger partial charge >= 0.3 is 0 Å². The predicted octanol–water partition coefficient (Wildman–Crippen LogP) is 3.43. The fourth-order valence-corrected chi connectivity index (χ4v) is 3.77. The van der Waals surface area contributed by atoms with Crippen LogP contribution >= 0.6 is 11.8 Å². The second-order valence-corrected chi connectivity index (χ2v) is 7.64. The highest BCUT2D eigenvalue weighted by Crippen LogP contribution is 2.28. The predicted molar refractivity (Wildman–Crippen MR) is 108 cm³/mol. The number of hydrogen-bond donors (Lipinski definition) is 1. The van der Waals surface area contributed by atoms with E-state index >= 15 is 0 Å². The Morgan fingerprint density at radius 3 is 2.52 bits per heavy atom. The molecule has 0 saturated carbocycles. The summed E-state index contributed by atoms with van der Waals surface area (Å²) in [6.45, 7) is 8.48. The van der Waals surface area contributed by atoms with E-state index in [1.54, 1.807) is 4.68 Å². The number of aromatic nitrogens is 5. The van der Waals surface area contributed by atoms with Crippen LogP contribution < -0.4 is 5.32 Å². The molecule has 0 bridgehead atoms. The van der Waals surface area contributed by atoms with Crippen molar-refractivity contribution in [1.82, 2.24) is 24.5 Å². The lowest BCUT2D eigenvalue weighted by Gasteiger charge is -2.13. The zero-order valence-electron chi connectivity index (χ0n) is 16.2. The van der Waals surface area contributed by atoms with Crippen molar-refractivity contribution in [2.75, 3.05) is 5.32 Å². The summed E-state index contributed by atoms with van der Waals surface area (Å²) >= 11 is 1.41. The van der Waals surface area contributed by atoms with Gasteiger partial charge in [0.05, 0.1) is 22.3 Å². The number of rotatable bonds is 6. The van der Waals surface area contributed by atoms with E-state index in [2.05, 4.69) is 20.6 Å². The Morgan fingerprint density at radius 1 is 1.22 bits per heavy atom. The Bertz CT molecular complexity index is 947. The summed E-state index contributed by atoms with van der Waals surface area (Å²) in [5.74, 6) is 0.735. The first-order chi connectivity index (χ1) is 12.9. The quantitative estimate of drug-likeness (QED) is 0.659. The molecular weight excluding hydrogens is 360 g/mol. The van der Waals surface area contributed by atoms with E-state index in [9.17, 15) is 4.79 Å². The average Bonchev–Trinajstić information content (AvgIpc) is 3.17. The van der Waals surface area contributed by atoms with Gasteiger partial charge < -0.3 is 9.88 Å². The molecule has 0 aliphatic heterocycles. The molecule has 0 radical (unpaired) electrons. The van der Waals surface area contributed by atoms with Crippen molar-refractivity contribution >= 4 is 23.4 Å². The first-order valence-electron chi connectivity index (χ1n) is 8.88. The molecule has 1 atom stereocenters. The Balaban J connectivity index is 1.77. The summed E-state index contributed by atoms with van der Waals surface area (Å²) in [5, 5.41) is 16.4. The summed E-state index contributed by atoms with van der Waals surface area (Å²) in [6.07, 6.45) is 0. The minimum absolute atomic E-state index is 0.0777. The molecule has 8 heteroatoms.